The van der Waals surface area contributed by atoms with E-state index in [-0.39, 0.29) is 31.1 Å². The first-order valence-corrected chi connectivity index (χ1v) is 19.8. The van der Waals surface area contributed by atoms with Crippen molar-refractivity contribution in [3.63, 3.8) is 0 Å². The van der Waals surface area contributed by atoms with E-state index in [2.05, 4.69) is 96.3 Å². The number of pyridine rings is 2. The van der Waals surface area contributed by atoms with Gasteiger partial charge in [-0.1, -0.05) is 112 Å². The summed E-state index contributed by atoms with van der Waals surface area (Å²) in [6.07, 6.45) is 3.50. The number of aromatic nitrogens is 2. The van der Waals surface area contributed by atoms with Gasteiger partial charge in [-0.25, -0.2) is 0 Å². The summed E-state index contributed by atoms with van der Waals surface area (Å²) >= 11 is 0. The zero-order chi connectivity index (χ0) is 36.1. The topological polar surface area (TPSA) is 38.9 Å². The molecule has 49 heavy (non-hydrogen) atoms. The van der Waals surface area contributed by atoms with Crippen LogP contribution in [0.15, 0.2) is 120 Å². The van der Waals surface area contributed by atoms with Crippen LogP contribution in [0.4, 0.5) is 0 Å². The van der Waals surface area contributed by atoms with Crippen molar-refractivity contribution in [2.45, 2.75) is 52.7 Å². The Bertz CT molecular complexity index is 2530. The smallest absolute Gasteiger partial charge is 0.121 e. The molecule has 0 amide bonds. The molecule has 0 bridgehead atoms. The van der Waals surface area contributed by atoms with E-state index in [0.717, 1.165) is 49.5 Å². The summed E-state index contributed by atoms with van der Waals surface area (Å²) in [6.45, 7) is 10.8. The summed E-state index contributed by atoms with van der Waals surface area (Å²) in [7, 11) is -1.23. The minimum absolute atomic E-state index is 0. The maximum atomic E-state index is 7.98. The van der Waals surface area contributed by atoms with E-state index in [1.165, 1.54) is 22.2 Å². The molecule has 0 aliphatic carbocycles. The molecule has 0 aliphatic heterocycles. The molecule has 1 radical (unpaired) electrons. The number of furan rings is 1. The summed E-state index contributed by atoms with van der Waals surface area (Å²) in [5.74, 6) is 0. The van der Waals surface area contributed by atoms with Crippen molar-refractivity contribution in [1.29, 1.82) is 0 Å². The first-order chi connectivity index (χ1) is 24.2. The normalized spacial score (nSPS) is 13.0. The third-order valence-electron chi connectivity index (χ3n) is 8.89. The van der Waals surface area contributed by atoms with Crippen LogP contribution in [0.1, 0.15) is 36.0 Å². The van der Waals surface area contributed by atoms with Crippen molar-refractivity contribution < 1.29 is 28.6 Å². The molecule has 3 aromatic heterocycles. The van der Waals surface area contributed by atoms with Crippen LogP contribution in [0.5, 0.6) is 0 Å². The van der Waals surface area contributed by atoms with Crippen LogP contribution in [-0.4, -0.2) is 18.0 Å². The second-order valence-electron chi connectivity index (χ2n) is 14.3. The van der Waals surface area contributed by atoms with Gasteiger partial charge in [-0.05, 0) is 67.6 Å². The third-order valence-corrected chi connectivity index (χ3v) is 10.9. The van der Waals surface area contributed by atoms with Crippen molar-refractivity contribution >= 4 is 56.7 Å². The molecule has 5 aromatic carbocycles. The summed E-state index contributed by atoms with van der Waals surface area (Å²) in [5, 5.41) is 8.15. The molecule has 0 N–H and O–H groups in total. The Morgan fingerprint density at radius 2 is 1.47 bits per heavy atom. The second-order valence-corrected chi connectivity index (χ2v) is 19.4. The van der Waals surface area contributed by atoms with Crippen LogP contribution >= 0.6 is 0 Å². The van der Waals surface area contributed by atoms with Gasteiger partial charge in [0.15, 0.2) is 0 Å². The molecule has 8 rings (SSSR count). The van der Waals surface area contributed by atoms with Gasteiger partial charge in [0.05, 0.1) is 13.7 Å². The van der Waals surface area contributed by atoms with Crippen molar-refractivity contribution in [2.24, 2.45) is 0 Å². The van der Waals surface area contributed by atoms with Gasteiger partial charge in [-0.15, -0.1) is 54.1 Å². The monoisotopic (exact) mass is 836 g/mol. The molecule has 8 aromatic rings. The predicted octanol–water partition coefficient (Wildman–Crippen LogP) is 11.5. The van der Waals surface area contributed by atoms with Gasteiger partial charge >= 0.3 is 0 Å². The molecule has 0 saturated carbocycles. The number of hydrogen-bond acceptors (Lipinski definition) is 3. The molecule has 0 spiro atoms. The molecule has 247 valence electrons. The Morgan fingerprint density at radius 1 is 0.714 bits per heavy atom. The fourth-order valence-corrected chi connectivity index (χ4v) is 7.32. The number of aryl methyl sites for hydroxylation is 1. The summed E-state index contributed by atoms with van der Waals surface area (Å²) in [5.41, 5.74) is 5.63. The Balaban J connectivity index is 0.000000230. The minimum atomic E-state index is -2.23. The van der Waals surface area contributed by atoms with Gasteiger partial charge in [0.25, 0.3) is 0 Å². The third kappa shape index (κ3) is 6.76. The Hall–Kier alpha value is -4.41. The van der Waals surface area contributed by atoms with Gasteiger partial charge in [0.2, 0.25) is 0 Å². The molecule has 0 unspecified atom stereocenters. The van der Waals surface area contributed by atoms with Crippen LogP contribution in [0.2, 0.25) is 19.6 Å². The standard InChI is InChI=1S/C30H24NO.C14H16NSi.Ir/c1-18-17-31-25(16-24(18)30(2,3)4)22-10-7-11-23-28-26(32-29(22)23)15-14-20-13-12-19-8-5-6-9-21(19)27(20)28;1-16(2,3)13-9-10-14(15-11-13)12-7-5-4-6-8-12;/h5-9,11-17H,1-4H3;4-7,9-11H,1-3H3;/q2*-1;/i1D3;;. The number of benzene rings is 5. The molecular weight excluding hydrogens is 793 g/mol. The van der Waals surface area contributed by atoms with Gasteiger partial charge in [0, 0.05) is 42.0 Å². The largest absolute Gasteiger partial charge is 0.501 e. The first-order valence-electron chi connectivity index (χ1n) is 17.8. The summed E-state index contributed by atoms with van der Waals surface area (Å²) in [4.78, 5) is 9.09. The van der Waals surface area contributed by atoms with Crippen LogP contribution in [0.3, 0.4) is 0 Å². The molecule has 5 heteroatoms. The van der Waals surface area contributed by atoms with Gasteiger partial charge in [-0.2, -0.15) is 0 Å². The fourth-order valence-electron chi connectivity index (χ4n) is 6.28. The van der Waals surface area contributed by atoms with E-state index in [1.54, 1.807) is 0 Å². The quantitative estimate of drug-likeness (QED) is 0.101. The van der Waals surface area contributed by atoms with E-state index in [9.17, 15) is 0 Å². The van der Waals surface area contributed by atoms with E-state index in [1.807, 2.05) is 75.5 Å². The van der Waals surface area contributed by atoms with Gasteiger partial charge in [0.1, 0.15) is 5.58 Å². The van der Waals surface area contributed by atoms with Gasteiger partial charge < -0.3 is 14.4 Å². The van der Waals surface area contributed by atoms with E-state index >= 15 is 0 Å². The summed E-state index contributed by atoms with van der Waals surface area (Å²) < 4.78 is 30.4. The minimum Gasteiger partial charge on any atom is -0.501 e. The maximum Gasteiger partial charge on any atom is 0.121 e. The maximum absolute atomic E-state index is 7.98. The molecule has 0 fully saturated rings. The van der Waals surface area contributed by atoms with Crippen molar-refractivity contribution in [3.8, 4) is 22.5 Å². The summed E-state index contributed by atoms with van der Waals surface area (Å²) in [6, 6.07) is 41.4. The van der Waals surface area contributed by atoms with E-state index in [0.29, 0.717) is 11.3 Å². The van der Waals surface area contributed by atoms with E-state index < -0.39 is 14.9 Å². The molecule has 0 saturated heterocycles. The number of nitrogens with zero attached hydrogens (tertiary/aromatic N) is 2. The number of rotatable bonds is 3. The van der Waals surface area contributed by atoms with Crippen LogP contribution in [-0.2, 0) is 25.5 Å². The zero-order valence-electron chi connectivity index (χ0n) is 31.6. The van der Waals surface area contributed by atoms with Crippen LogP contribution < -0.4 is 5.19 Å². The van der Waals surface area contributed by atoms with Crippen molar-refractivity contribution in [2.75, 3.05) is 0 Å². The molecule has 0 atom stereocenters. The SMILES string of the molecule is C[Si](C)(C)c1ccc(-c2[c-]cccc2)nc1.[2H]C([2H])([2H])c1cnc(-c2[c-]ccc3c2oc2ccc4ccc5ccccc5c4c23)cc1C(C)(C)C.[Ir]. The molecular formula is C44H40IrN2OSi-2. The number of fused-ring (bicyclic) bond motifs is 7. The van der Waals surface area contributed by atoms with Crippen molar-refractivity contribution in [3.05, 3.63) is 139 Å². The number of hydrogen-bond donors (Lipinski definition) is 0. The fraction of sp³-hybridized carbons (Fsp3) is 0.182. The zero-order valence-corrected chi connectivity index (χ0v) is 32.0. The Labute approximate surface area is 308 Å². The van der Waals surface area contributed by atoms with Crippen LogP contribution in [0, 0.1) is 19.0 Å². The molecule has 0 aliphatic rings. The van der Waals surface area contributed by atoms with Gasteiger partial charge in [-0.3, -0.25) is 0 Å². The predicted molar refractivity (Wildman–Crippen MR) is 206 cm³/mol. The Kier molecular flexibility index (Phi) is 8.42. The second kappa shape index (κ2) is 13.5. The Morgan fingerprint density at radius 3 is 2.18 bits per heavy atom. The van der Waals surface area contributed by atoms with Crippen LogP contribution in [0.25, 0.3) is 66.0 Å². The van der Waals surface area contributed by atoms with E-state index in [4.69, 9.17) is 8.53 Å². The average Bonchev–Trinajstić information content (AvgIpc) is 3.50. The van der Waals surface area contributed by atoms with Crippen molar-refractivity contribution in [1.82, 2.24) is 9.97 Å². The molecule has 3 nitrogen and oxygen atoms in total. The molecule has 3 heterocycles. The average molecular weight is 836 g/mol. The first kappa shape index (κ1) is 30.6.